The van der Waals surface area contributed by atoms with Crippen LogP contribution in [0, 0.1) is 12.3 Å². The summed E-state index contributed by atoms with van der Waals surface area (Å²) >= 11 is 0. The number of terminal acetylenes is 1. The molecule has 0 fully saturated rings. The van der Waals surface area contributed by atoms with Crippen molar-refractivity contribution in [2.75, 3.05) is 19.8 Å². The number of ether oxygens (including phenoxy) is 5. The lowest BCUT2D eigenvalue weighted by atomic mass is 9.99. The van der Waals surface area contributed by atoms with Crippen molar-refractivity contribution in [1.82, 2.24) is 15.0 Å². The quantitative estimate of drug-likeness (QED) is 0.0675. The van der Waals surface area contributed by atoms with E-state index >= 15 is 0 Å². The lowest BCUT2D eigenvalue weighted by molar-refractivity contribution is -0.136. The highest BCUT2D eigenvalue weighted by molar-refractivity contribution is 6.00. The zero-order chi connectivity index (χ0) is 32.9. The van der Waals surface area contributed by atoms with E-state index in [2.05, 4.69) is 10.3 Å². The van der Waals surface area contributed by atoms with Crippen LogP contribution in [-0.2, 0) is 35.0 Å². The van der Waals surface area contributed by atoms with Crippen LogP contribution in [0.5, 0.6) is 0 Å². The fourth-order valence-corrected chi connectivity index (χ4v) is 3.83. The summed E-state index contributed by atoms with van der Waals surface area (Å²) in [6.45, 7) is 20.4. The number of hydrogen-bond acceptors (Lipinski definition) is 10. The Morgan fingerprint density at radius 1 is 0.791 bits per heavy atom. The van der Waals surface area contributed by atoms with Gasteiger partial charge in [0.1, 0.15) is 11.2 Å². The van der Waals surface area contributed by atoms with Gasteiger partial charge in [0.05, 0.1) is 31.0 Å². The van der Waals surface area contributed by atoms with E-state index in [1.54, 1.807) is 13.8 Å². The zero-order valence-electron chi connectivity index (χ0n) is 28.0. The highest BCUT2D eigenvalue weighted by Gasteiger charge is 2.35. The maximum atomic E-state index is 13.6. The molecule has 0 bridgehead atoms. The second-order valence-electron chi connectivity index (χ2n) is 13.5. The van der Waals surface area contributed by atoms with E-state index in [1.807, 2.05) is 61.3 Å². The smallest absolute Gasteiger partial charge is 0.384 e. The van der Waals surface area contributed by atoms with Crippen LogP contribution in [0.3, 0.4) is 0 Å². The summed E-state index contributed by atoms with van der Waals surface area (Å²) in [4.78, 5) is 38.1. The second-order valence-corrected chi connectivity index (χ2v) is 13.5. The van der Waals surface area contributed by atoms with Gasteiger partial charge in [-0.05, 0) is 88.0 Å². The molecule has 0 aliphatic carbocycles. The maximum absolute atomic E-state index is 13.6. The largest absolute Gasteiger partial charge is 0.456 e. The number of carbonyl (C=O) groups excluding carboxylic acids is 3. The third-order valence-electron chi connectivity index (χ3n) is 6.60. The van der Waals surface area contributed by atoms with Crippen LogP contribution in [0.1, 0.15) is 135 Å². The van der Waals surface area contributed by atoms with E-state index in [1.165, 1.54) is 4.68 Å². The molecule has 1 heterocycles. The van der Waals surface area contributed by atoms with Gasteiger partial charge in [-0.2, -0.15) is 0 Å². The Balaban J connectivity index is 3.07. The van der Waals surface area contributed by atoms with Crippen molar-refractivity contribution in [3.63, 3.8) is 0 Å². The van der Waals surface area contributed by atoms with Crippen LogP contribution in [0.4, 0.5) is 0 Å². The van der Waals surface area contributed by atoms with Crippen LogP contribution in [0.25, 0.3) is 0 Å². The lowest BCUT2D eigenvalue weighted by Crippen LogP contribution is -2.36. The Bertz CT molecular complexity index is 1090. The van der Waals surface area contributed by atoms with Gasteiger partial charge in [-0.3, -0.25) is 0 Å². The number of unbranched alkanes of at least 4 members (excludes halogenated alkanes) is 3. The number of aromatic nitrogens is 3. The first-order valence-corrected chi connectivity index (χ1v) is 15.1. The molecule has 1 rings (SSSR count). The van der Waals surface area contributed by atoms with Crippen molar-refractivity contribution in [1.29, 1.82) is 0 Å². The Kier molecular flexibility index (Phi) is 14.8. The van der Waals surface area contributed by atoms with E-state index in [-0.39, 0.29) is 29.2 Å². The SMILES string of the molecule is C#CC(=O)OCCCCCCn1nnc(C(=O)OC(C)(C)CCOC(C)(C)C)c1C(=O)OC(C)(CC)CCOC(C)(C)C. The molecular formula is C32H53N3O8. The molecule has 11 heteroatoms. The fraction of sp³-hybridized carbons (Fsp3) is 0.781. The normalized spacial score (nSPS) is 13.6. The molecule has 1 unspecified atom stereocenters. The van der Waals surface area contributed by atoms with Gasteiger partial charge in [0.15, 0.2) is 5.69 Å². The van der Waals surface area contributed by atoms with Gasteiger partial charge in [0, 0.05) is 25.3 Å². The Labute approximate surface area is 257 Å². The first-order chi connectivity index (χ1) is 19.8. The molecule has 244 valence electrons. The first-order valence-electron chi connectivity index (χ1n) is 15.1. The highest BCUT2D eigenvalue weighted by Crippen LogP contribution is 2.25. The van der Waals surface area contributed by atoms with Crippen LogP contribution >= 0.6 is 0 Å². The molecule has 0 N–H and O–H groups in total. The van der Waals surface area contributed by atoms with E-state index in [0.717, 1.165) is 12.8 Å². The average Bonchev–Trinajstić information content (AvgIpc) is 3.30. The van der Waals surface area contributed by atoms with E-state index in [0.29, 0.717) is 51.9 Å². The number of rotatable bonds is 18. The van der Waals surface area contributed by atoms with Gasteiger partial charge >= 0.3 is 17.9 Å². The first kappa shape index (κ1) is 38.1. The van der Waals surface area contributed by atoms with Crippen molar-refractivity contribution in [3.8, 4) is 12.3 Å². The molecule has 1 aromatic rings. The topological polar surface area (TPSA) is 128 Å². The second kappa shape index (κ2) is 16.8. The standard InChI is InChI=1S/C32H53N3O8/c1-12-24(36)39-21-17-15-14-16-20-35-26(28(38)43-32(11,13-2)19-23-41-30(6,7)8)25(33-34-35)27(37)42-31(9,10)18-22-40-29(3,4)5/h1H,13-23H2,2-11H3. The van der Waals surface area contributed by atoms with Crippen LogP contribution < -0.4 is 0 Å². The number of esters is 3. The number of hydrogen-bond donors (Lipinski definition) is 0. The minimum absolute atomic E-state index is 0.0499. The summed E-state index contributed by atoms with van der Waals surface area (Å²) < 4.78 is 29.7. The molecule has 0 aliphatic heterocycles. The molecule has 43 heavy (non-hydrogen) atoms. The zero-order valence-corrected chi connectivity index (χ0v) is 28.0. The fourth-order valence-electron chi connectivity index (χ4n) is 3.83. The predicted molar refractivity (Wildman–Crippen MR) is 163 cm³/mol. The van der Waals surface area contributed by atoms with Gasteiger partial charge in [0.25, 0.3) is 0 Å². The van der Waals surface area contributed by atoms with Gasteiger partial charge in [-0.1, -0.05) is 18.6 Å². The van der Waals surface area contributed by atoms with Crippen LogP contribution in [0.2, 0.25) is 0 Å². The van der Waals surface area contributed by atoms with Crippen LogP contribution in [0.15, 0.2) is 0 Å². The lowest BCUT2D eigenvalue weighted by Gasteiger charge is -2.30. The van der Waals surface area contributed by atoms with E-state index < -0.39 is 29.1 Å². The molecule has 0 saturated carbocycles. The monoisotopic (exact) mass is 607 g/mol. The summed E-state index contributed by atoms with van der Waals surface area (Å²) in [6, 6.07) is 0. The number of aryl methyl sites for hydroxylation is 1. The highest BCUT2D eigenvalue weighted by atomic mass is 16.6. The van der Waals surface area contributed by atoms with Crippen molar-refractivity contribution < 1.29 is 38.1 Å². The molecule has 0 spiro atoms. The van der Waals surface area contributed by atoms with Gasteiger partial charge in [0.2, 0.25) is 5.69 Å². The van der Waals surface area contributed by atoms with Crippen molar-refractivity contribution in [2.45, 2.75) is 143 Å². The van der Waals surface area contributed by atoms with Crippen molar-refractivity contribution >= 4 is 17.9 Å². The summed E-state index contributed by atoms with van der Waals surface area (Å²) in [5, 5.41) is 8.18. The Morgan fingerprint density at radius 2 is 1.37 bits per heavy atom. The molecule has 11 nitrogen and oxygen atoms in total. The molecule has 0 aliphatic rings. The van der Waals surface area contributed by atoms with Crippen molar-refractivity contribution in [2.24, 2.45) is 0 Å². The molecule has 0 radical (unpaired) electrons. The van der Waals surface area contributed by atoms with E-state index in [9.17, 15) is 14.4 Å². The predicted octanol–water partition coefficient (Wildman–Crippen LogP) is 5.69. The maximum Gasteiger partial charge on any atom is 0.384 e. The summed E-state index contributed by atoms with van der Waals surface area (Å²) in [7, 11) is 0. The van der Waals surface area contributed by atoms with Crippen molar-refractivity contribution in [3.05, 3.63) is 11.4 Å². The molecule has 0 amide bonds. The Hall–Kier alpha value is -2.97. The van der Waals surface area contributed by atoms with Gasteiger partial charge in [-0.15, -0.1) is 11.5 Å². The minimum Gasteiger partial charge on any atom is -0.456 e. The Morgan fingerprint density at radius 3 is 1.93 bits per heavy atom. The van der Waals surface area contributed by atoms with Gasteiger partial charge in [-0.25, -0.2) is 19.1 Å². The molecule has 1 aromatic heterocycles. The minimum atomic E-state index is -0.877. The third kappa shape index (κ3) is 15.4. The van der Waals surface area contributed by atoms with Crippen LogP contribution in [-0.4, -0.2) is 75.1 Å². The summed E-state index contributed by atoms with van der Waals surface area (Å²) in [6.07, 6.45) is 9.28. The third-order valence-corrected chi connectivity index (χ3v) is 6.60. The number of carbonyl (C=O) groups is 3. The summed E-state index contributed by atoms with van der Waals surface area (Å²) in [5.41, 5.74) is -2.61. The molecular weight excluding hydrogens is 554 g/mol. The number of nitrogens with zero attached hydrogens (tertiary/aromatic N) is 3. The summed E-state index contributed by atoms with van der Waals surface area (Å²) in [5.74, 6) is -0.234. The average molecular weight is 608 g/mol. The van der Waals surface area contributed by atoms with E-state index in [4.69, 9.17) is 30.1 Å². The van der Waals surface area contributed by atoms with Gasteiger partial charge < -0.3 is 23.7 Å². The molecule has 0 saturated heterocycles. The molecule has 1 atom stereocenters. The molecule has 0 aromatic carbocycles.